The maximum atomic E-state index is 11.3. The SMILES string of the molecule is C[C@@H](N)c1ccnc(N2CCNC(=O)CC2)c1. The number of aromatic nitrogens is 1. The van der Waals surface area contributed by atoms with E-state index in [-0.39, 0.29) is 11.9 Å². The number of carbonyl (C=O) groups excluding carboxylic acids is 1. The first-order valence-electron chi connectivity index (χ1n) is 5.90. The van der Waals surface area contributed by atoms with Crippen LogP contribution < -0.4 is 16.0 Å². The van der Waals surface area contributed by atoms with Gasteiger partial charge in [0.2, 0.25) is 5.91 Å². The van der Waals surface area contributed by atoms with Crippen molar-refractivity contribution in [1.82, 2.24) is 10.3 Å². The maximum Gasteiger partial charge on any atom is 0.221 e. The predicted octanol–water partition coefficient (Wildman–Crippen LogP) is 0.428. The van der Waals surface area contributed by atoms with E-state index in [0.717, 1.165) is 17.9 Å². The van der Waals surface area contributed by atoms with Crippen LogP contribution in [0, 0.1) is 0 Å². The Hall–Kier alpha value is -1.62. The lowest BCUT2D eigenvalue weighted by molar-refractivity contribution is -0.120. The number of pyridine rings is 1. The van der Waals surface area contributed by atoms with Crippen molar-refractivity contribution in [2.75, 3.05) is 24.5 Å². The highest BCUT2D eigenvalue weighted by molar-refractivity contribution is 5.77. The summed E-state index contributed by atoms with van der Waals surface area (Å²) in [5.74, 6) is 1.01. The van der Waals surface area contributed by atoms with Crippen molar-refractivity contribution in [3.05, 3.63) is 23.9 Å². The normalized spacial score (nSPS) is 18.5. The summed E-state index contributed by atoms with van der Waals surface area (Å²) in [7, 11) is 0. The molecular formula is C12H18N4O. The van der Waals surface area contributed by atoms with Crippen LogP contribution in [0.15, 0.2) is 18.3 Å². The molecule has 92 valence electrons. The van der Waals surface area contributed by atoms with Gasteiger partial charge in [0.05, 0.1) is 0 Å². The van der Waals surface area contributed by atoms with Gasteiger partial charge >= 0.3 is 0 Å². The van der Waals surface area contributed by atoms with Crippen molar-refractivity contribution in [2.24, 2.45) is 5.73 Å². The van der Waals surface area contributed by atoms with E-state index >= 15 is 0 Å². The molecule has 3 N–H and O–H groups in total. The lowest BCUT2D eigenvalue weighted by atomic mass is 10.1. The maximum absolute atomic E-state index is 11.3. The first kappa shape index (κ1) is 11.9. The van der Waals surface area contributed by atoms with Gasteiger partial charge in [0.15, 0.2) is 0 Å². The zero-order valence-electron chi connectivity index (χ0n) is 10.0. The Bertz CT molecular complexity index is 405. The van der Waals surface area contributed by atoms with Gasteiger partial charge in [-0.3, -0.25) is 4.79 Å². The van der Waals surface area contributed by atoms with E-state index in [9.17, 15) is 4.79 Å². The summed E-state index contributed by atoms with van der Waals surface area (Å²) in [6, 6.07) is 3.93. The number of nitrogens with one attached hydrogen (secondary N) is 1. The van der Waals surface area contributed by atoms with Gasteiger partial charge in [0, 0.05) is 38.3 Å². The topological polar surface area (TPSA) is 71.2 Å². The molecule has 1 aromatic heterocycles. The fraction of sp³-hybridized carbons (Fsp3) is 0.500. The molecule has 1 saturated heterocycles. The van der Waals surface area contributed by atoms with Crippen molar-refractivity contribution in [3.63, 3.8) is 0 Å². The smallest absolute Gasteiger partial charge is 0.221 e. The van der Waals surface area contributed by atoms with E-state index in [0.29, 0.717) is 19.5 Å². The zero-order valence-corrected chi connectivity index (χ0v) is 10.0. The van der Waals surface area contributed by atoms with Crippen LogP contribution in [0.2, 0.25) is 0 Å². The Morgan fingerprint density at radius 3 is 3.12 bits per heavy atom. The third-order valence-corrected chi connectivity index (χ3v) is 2.93. The Labute approximate surface area is 101 Å². The largest absolute Gasteiger partial charge is 0.354 e. The summed E-state index contributed by atoms with van der Waals surface area (Å²) in [5, 5.41) is 2.85. The molecule has 5 nitrogen and oxygen atoms in total. The minimum Gasteiger partial charge on any atom is -0.354 e. The highest BCUT2D eigenvalue weighted by Crippen LogP contribution is 2.17. The monoisotopic (exact) mass is 234 g/mol. The Kier molecular flexibility index (Phi) is 3.58. The molecule has 2 heterocycles. The van der Waals surface area contributed by atoms with Crippen LogP contribution in [0.25, 0.3) is 0 Å². The first-order valence-corrected chi connectivity index (χ1v) is 5.90. The minimum atomic E-state index is 0.00323. The van der Waals surface area contributed by atoms with Crippen LogP contribution in [0.5, 0.6) is 0 Å². The van der Waals surface area contributed by atoms with Crippen LogP contribution in [0.4, 0.5) is 5.82 Å². The van der Waals surface area contributed by atoms with Gasteiger partial charge in [-0.15, -0.1) is 0 Å². The van der Waals surface area contributed by atoms with Gasteiger partial charge in [-0.05, 0) is 24.6 Å². The van der Waals surface area contributed by atoms with Gasteiger partial charge in [0.1, 0.15) is 5.82 Å². The quantitative estimate of drug-likeness (QED) is 0.778. The number of nitrogens with zero attached hydrogens (tertiary/aromatic N) is 2. The number of rotatable bonds is 2. The molecule has 0 radical (unpaired) electrons. The van der Waals surface area contributed by atoms with E-state index in [4.69, 9.17) is 5.73 Å². The van der Waals surface area contributed by atoms with Crippen LogP contribution >= 0.6 is 0 Å². The molecule has 1 aliphatic heterocycles. The molecule has 0 bridgehead atoms. The van der Waals surface area contributed by atoms with Crippen LogP contribution in [0.1, 0.15) is 24.9 Å². The molecule has 1 aromatic rings. The number of anilines is 1. The molecule has 0 aromatic carbocycles. The van der Waals surface area contributed by atoms with Gasteiger partial charge in [-0.1, -0.05) is 0 Å². The minimum absolute atomic E-state index is 0.00323. The molecular weight excluding hydrogens is 216 g/mol. The average Bonchev–Trinajstić information content (AvgIpc) is 2.54. The molecule has 17 heavy (non-hydrogen) atoms. The Morgan fingerprint density at radius 2 is 2.35 bits per heavy atom. The van der Waals surface area contributed by atoms with Crippen molar-refractivity contribution in [2.45, 2.75) is 19.4 Å². The standard InChI is InChI=1S/C12H18N4O/c1-9(13)10-2-4-14-11(8-10)16-6-3-12(17)15-5-7-16/h2,4,8-9H,3,5-7,13H2,1H3,(H,15,17)/t9-/m1/s1. The van der Waals surface area contributed by atoms with Crippen LogP contribution in [-0.4, -0.2) is 30.5 Å². The molecule has 2 rings (SSSR count). The van der Waals surface area contributed by atoms with Crippen molar-refractivity contribution in [1.29, 1.82) is 0 Å². The third-order valence-electron chi connectivity index (χ3n) is 2.93. The van der Waals surface area contributed by atoms with E-state index < -0.39 is 0 Å². The third kappa shape index (κ3) is 2.94. The fourth-order valence-corrected chi connectivity index (χ4v) is 1.89. The molecule has 0 aliphatic carbocycles. The number of hydrogen-bond donors (Lipinski definition) is 2. The lowest BCUT2D eigenvalue weighted by Crippen LogP contribution is -2.29. The Balaban J connectivity index is 2.15. The number of carbonyl (C=O) groups is 1. The second-order valence-corrected chi connectivity index (χ2v) is 4.32. The lowest BCUT2D eigenvalue weighted by Gasteiger charge is -2.21. The summed E-state index contributed by atoms with van der Waals surface area (Å²) in [4.78, 5) is 17.7. The fourth-order valence-electron chi connectivity index (χ4n) is 1.89. The second kappa shape index (κ2) is 5.14. The number of hydrogen-bond acceptors (Lipinski definition) is 4. The summed E-state index contributed by atoms with van der Waals surface area (Å²) < 4.78 is 0. The first-order chi connectivity index (χ1) is 8.16. The van der Waals surface area contributed by atoms with Crippen LogP contribution in [-0.2, 0) is 4.79 Å². The summed E-state index contributed by atoms with van der Waals surface area (Å²) >= 11 is 0. The highest BCUT2D eigenvalue weighted by atomic mass is 16.1. The zero-order chi connectivity index (χ0) is 12.3. The Morgan fingerprint density at radius 1 is 1.53 bits per heavy atom. The average molecular weight is 234 g/mol. The van der Waals surface area contributed by atoms with Gasteiger partial charge in [-0.2, -0.15) is 0 Å². The molecule has 5 heteroatoms. The van der Waals surface area contributed by atoms with E-state index in [1.807, 2.05) is 19.1 Å². The van der Waals surface area contributed by atoms with Gasteiger partial charge < -0.3 is 16.0 Å². The van der Waals surface area contributed by atoms with E-state index in [2.05, 4.69) is 15.2 Å². The number of nitrogens with two attached hydrogens (primary N) is 1. The van der Waals surface area contributed by atoms with E-state index in [1.165, 1.54) is 0 Å². The molecule has 1 aliphatic rings. The molecule has 1 atom stereocenters. The molecule has 1 amide bonds. The van der Waals surface area contributed by atoms with Crippen molar-refractivity contribution >= 4 is 11.7 Å². The van der Waals surface area contributed by atoms with Gasteiger partial charge in [-0.25, -0.2) is 4.98 Å². The summed E-state index contributed by atoms with van der Waals surface area (Å²) in [6.07, 6.45) is 2.29. The molecule has 0 saturated carbocycles. The van der Waals surface area contributed by atoms with E-state index in [1.54, 1.807) is 6.20 Å². The van der Waals surface area contributed by atoms with Gasteiger partial charge in [0.25, 0.3) is 0 Å². The number of amides is 1. The molecule has 1 fully saturated rings. The molecule has 0 unspecified atom stereocenters. The summed E-state index contributed by atoms with van der Waals surface area (Å²) in [6.45, 7) is 4.12. The van der Waals surface area contributed by atoms with Crippen molar-refractivity contribution in [3.8, 4) is 0 Å². The van der Waals surface area contributed by atoms with Crippen molar-refractivity contribution < 1.29 is 4.79 Å². The predicted molar refractivity (Wildman–Crippen MR) is 66.7 cm³/mol. The van der Waals surface area contributed by atoms with Crippen LogP contribution in [0.3, 0.4) is 0 Å². The second-order valence-electron chi connectivity index (χ2n) is 4.32. The summed E-state index contributed by atoms with van der Waals surface area (Å²) in [5.41, 5.74) is 6.92. The highest BCUT2D eigenvalue weighted by Gasteiger charge is 2.15. The molecule has 0 spiro atoms.